The van der Waals surface area contributed by atoms with E-state index < -0.39 is 0 Å². The maximum atomic E-state index is 5.41. The number of methoxy groups -OCH3 is 2. The highest BCUT2D eigenvalue weighted by Crippen LogP contribution is 2.24. The predicted molar refractivity (Wildman–Crippen MR) is 104 cm³/mol. The first-order valence-electron chi connectivity index (χ1n) is 8.99. The molecule has 0 radical (unpaired) electrons. The van der Waals surface area contributed by atoms with E-state index in [0.29, 0.717) is 0 Å². The fourth-order valence-corrected chi connectivity index (χ4v) is 2.75. The third kappa shape index (κ3) is 7.16. The molecule has 2 N–H and O–H groups in total. The van der Waals surface area contributed by atoms with Gasteiger partial charge in [0, 0.05) is 31.3 Å². The Labute approximate surface area is 151 Å². The molecule has 2 aromatic carbocycles. The molecule has 0 atom stereocenters. The molecule has 0 amide bonds. The fraction of sp³-hybridized carbons (Fsp3) is 0.429. The number of aryl methyl sites for hydroxylation is 1. The summed E-state index contributed by atoms with van der Waals surface area (Å²) in [5, 5.41) is 6.94. The van der Waals surface area contributed by atoms with E-state index in [1.807, 2.05) is 18.2 Å². The summed E-state index contributed by atoms with van der Waals surface area (Å²) in [5.74, 6) is 1.68. The number of nitrogens with one attached hydrogen (secondary N) is 2. The van der Waals surface area contributed by atoms with E-state index in [0.717, 1.165) is 49.7 Å². The molecule has 0 aromatic heterocycles. The molecule has 0 bridgehead atoms. The first-order valence-corrected chi connectivity index (χ1v) is 8.99. The molecule has 0 aliphatic carbocycles. The Balaban J connectivity index is 1.52. The minimum atomic E-state index is 0.794. The van der Waals surface area contributed by atoms with E-state index in [2.05, 4.69) is 41.0 Å². The zero-order valence-corrected chi connectivity index (χ0v) is 15.4. The zero-order valence-electron chi connectivity index (χ0n) is 15.4. The van der Waals surface area contributed by atoms with E-state index in [1.54, 1.807) is 14.2 Å². The second-order valence-corrected chi connectivity index (χ2v) is 6.05. The number of rotatable bonds is 12. The van der Waals surface area contributed by atoms with Crippen molar-refractivity contribution in [1.82, 2.24) is 10.6 Å². The van der Waals surface area contributed by atoms with Gasteiger partial charge in [-0.05, 0) is 37.4 Å². The molecule has 0 saturated heterocycles. The average molecular weight is 342 g/mol. The lowest BCUT2D eigenvalue weighted by Gasteiger charge is -2.11. The number of unbranched alkanes of at least 4 members (excludes halogenated alkanes) is 1. The third-order valence-electron chi connectivity index (χ3n) is 4.20. The molecule has 25 heavy (non-hydrogen) atoms. The molecule has 0 unspecified atom stereocenters. The molecular weight excluding hydrogens is 312 g/mol. The third-order valence-corrected chi connectivity index (χ3v) is 4.20. The smallest absolute Gasteiger partial charge is 0.127 e. The summed E-state index contributed by atoms with van der Waals surface area (Å²) in [6.45, 7) is 3.78. The second kappa shape index (κ2) is 11.5. The van der Waals surface area contributed by atoms with Crippen molar-refractivity contribution >= 4 is 0 Å². The van der Waals surface area contributed by atoms with Crippen molar-refractivity contribution in [2.24, 2.45) is 0 Å². The first-order chi connectivity index (χ1) is 12.3. The van der Waals surface area contributed by atoms with Gasteiger partial charge in [-0.1, -0.05) is 36.4 Å². The Kier molecular flexibility index (Phi) is 8.87. The molecule has 2 aromatic rings. The molecule has 2 rings (SSSR count). The van der Waals surface area contributed by atoms with Crippen molar-refractivity contribution in [2.45, 2.75) is 25.8 Å². The van der Waals surface area contributed by atoms with Crippen molar-refractivity contribution in [1.29, 1.82) is 0 Å². The van der Waals surface area contributed by atoms with Gasteiger partial charge < -0.3 is 20.1 Å². The maximum Gasteiger partial charge on any atom is 0.127 e. The Morgan fingerprint density at radius 1 is 0.800 bits per heavy atom. The minimum Gasteiger partial charge on any atom is -0.497 e. The molecule has 0 saturated carbocycles. The number of ether oxygens (including phenoxy) is 2. The Morgan fingerprint density at radius 3 is 2.36 bits per heavy atom. The van der Waals surface area contributed by atoms with Gasteiger partial charge in [0.05, 0.1) is 14.2 Å². The van der Waals surface area contributed by atoms with E-state index in [9.17, 15) is 0 Å². The van der Waals surface area contributed by atoms with Gasteiger partial charge in [0.2, 0.25) is 0 Å². The van der Waals surface area contributed by atoms with Crippen LogP contribution in [0.5, 0.6) is 11.5 Å². The minimum absolute atomic E-state index is 0.794. The summed E-state index contributed by atoms with van der Waals surface area (Å²) >= 11 is 0. The number of hydrogen-bond acceptors (Lipinski definition) is 4. The van der Waals surface area contributed by atoms with Gasteiger partial charge >= 0.3 is 0 Å². The van der Waals surface area contributed by atoms with Crippen LogP contribution >= 0.6 is 0 Å². The Hall–Kier alpha value is -2.04. The van der Waals surface area contributed by atoms with Gasteiger partial charge in [-0.3, -0.25) is 0 Å². The van der Waals surface area contributed by atoms with Gasteiger partial charge in [-0.25, -0.2) is 0 Å². The fourth-order valence-electron chi connectivity index (χ4n) is 2.75. The van der Waals surface area contributed by atoms with Crippen LogP contribution in [0.4, 0.5) is 0 Å². The largest absolute Gasteiger partial charge is 0.497 e. The van der Waals surface area contributed by atoms with Crippen molar-refractivity contribution in [2.75, 3.05) is 33.9 Å². The van der Waals surface area contributed by atoms with E-state index in [-0.39, 0.29) is 0 Å². The van der Waals surface area contributed by atoms with Crippen LogP contribution in [0.2, 0.25) is 0 Å². The monoisotopic (exact) mass is 342 g/mol. The summed E-state index contributed by atoms with van der Waals surface area (Å²) in [6, 6.07) is 16.6. The van der Waals surface area contributed by atoms with Crippen LogP contribution in [0.1, 0.15) is 24.0 Å². The average Bonchev–Trinajstić information content (AvgIpc) is 2.67. The lowest BCUT2D eigenvalue weighted by molar-refractivity contribution is 0.390. The lowest BCUT2D eigenvalue weighted by Crippen LogP contribution is -2.27. The molecular formula is C21H30N2O2. The van der Waals surface area contributed by atoms with Crippen molar-refractivity contribution < 1.29 is 9.47 Å². The summed E-state index contributed by atoms with van der Waals surface area (Å²) in [6.07, 6.45) is 3.60. The summed E-state index contributed by atoms with van der Waals surface area (Å²) < 4.78 is 10.6. The quantitative estimate of drug-likeness (QED) is 0.580. The van der Waals surface area contributed by atoms with Gasteiger partial charge in [0.25, 0.3) is 0 Å². The standard InChI is InChI=1S/C21H30N2O2/c1-24-20-12-11-19(21(16-20)25-2)17-23-15-14-22-13-7-6-10-18-8-4-3-5-9-18/h3-5,8-9,11-12,16,22-23H,6-7,10,13-15,17H2,1-2H3. The Morgan fingerprint density at radius 2 is 1.60 bits per heavy atom. The molecule has 4 heteroatoms. The van der Waals surface area contributed by atoms with E-state index >= 15 is 0 Å². The van der Waals surface area contributed by atoms with Crippen LogP contribution in [-0.2, 0) is 13.0 Å². The van der Waals surface area contributed by atoms with Crippen molar-refractivity contribution in [3.8, 4) is 11.5 Å². The normalized spacial score (nSPS) is 10.6. The van der Waals surface area contributed by atoms with Crippen LogP contribution in [-0.4, -0.2) is 33.9 Å². The zero-order chi connectivity index (χ0) is 17.7. The highest BCUT2D eigenvalue weighted by atomic mass is 16.5. The number of hydrogen-bond donors (Lipinski definition) is 2. The maximum absolute atomic E-state index is 5.41. The molecule has 0 fully saturated rings. The lowest BCUT2D eigenvalue weighted by atomic mass is 10.1. The second-order valence-electron chi connectivity index (χ2n) is 6.05. The van der Waals surface area contributed by atoms with Crippen molar-refractivity contribution in [3.05, 3.63) is 59.7 Å². The van der Waals surface area contributed by atoms with Crippen LogP contribution < -0.4 is 20.1 Å². The highest BCUT2D eigenvalue weighted by Gasteiger charge is 2.04. The van der Waals surface area contributed by atoms with Crippen LogP contribution in [0.3, 0.4) is 0 Å². The SMILES string of the molecule is COc1ccc(CNCCNCCCCc2ccccc2)c(OC)c1. The molecule has 0 aliphatic rings. The molecule has 0 heterocycles. The molecule has 0 aliphatic heterocycles. The van der Waals surface area contributed by atoms with Crippen LogP contribution in [0.25, 0.3) is 0 Å². The van der Waals surface area contributed by atoms with Crippen LogP contribution in [0.15, 0.2) is 48.5 Å². The topological polar surface area (TPSA) is 42.5 Å². The van der Waals surface area contributed by atoms with Gasteiger partial charge in [0.1, 0.15) is 11.5 Å². The molecule has 4 nitrogen and oxygen atoms in total. The van der Waals surface area contributed by atoms with Crippen molar-refractivity contribution in [3.63, 3.8) is 0 Å². The summed E-state index contributed by atoms with van der Waals surface area (Å²) in [7, 11) is 3.35. The Bertz CT molecular complexity index is 602. The molecule has 0 spiro atoms. The van der Waals surface area contributed by atoms with Gasteiger partial charge in [-0.15, -0.1) is 0 Å². The summed E-state index contributed by atoms with van der Waals surface area (Å²) in [5.41, 5.74) is 2.57. The molecule has 136 valence electrons. The highest BCUT2D eigenvalue weighted by molar-refractivity contribution is 5.40. The van der Waals surface area contributed by atoms with Gasteiger partial charge in [-0.2, -0.15) is 0 Å². The number of benzene rings is 2. The first kappa shape index (κ1) is 19.3. The van der Waals surface area contributed by atoms with E-state index in [4.69, 9.17) is 9.47 Å². The van der Waals surface area contributed by atoms with Gasteiger partial charge in [0.15, 0.2) is 0 Å². The van der Waals surface area contributed by atoms with Crippen LogP contribution in [0, 0.1) is 0 Å². The van der Waals surface area contributed by atoms with E-state index in [1.165, 1.54) is 18.4 Å². The summed E-state index contributed by atoms with van der Waals surface area (Å²) in [4.78, 5) is 0. The predicted octanol–water partition coefficient (Wildman–Crippen LogP) is 3.41.